The summed E-state index contributed by atoms with van der Waals surface area (Å²) in [5.74, 6) is -1.18. The van der Waals surface area contributed by atoms with Gasteiger partial charge in [-0.3, -0.25) is 4.40 Å². The Balaban J connectivity index is 2.26. The molecule has 0 aliphatic carbocycles. The van der Waals surface area contributed by atoms with Crippen molar-refractivity contribution in [2.45, 2.75) is 13.8 Å². The van der Waals surface area contributed by atoms with Crippen molar-refractivity contribution in [2.24, 2.45) is 0 Å². The maximum Gasteiger partial charge on any atom is 0.194 e. The number of halogens is 2. The highest BCUT2D eigenvalue weighted by molar-refractivity contribution is 7.17. The molecule has 0 fully saturated rings. The van der Waals surface area contributed by atoms with E-state index in [9.17, 15) is 8.78 Å². The van der Waals surface area contributed by atoms with Gasteiger partial charge in [0, 0.05) is 16.8 Å². The summed E-state index contributed by atoms with van der Waals surface area (Å²) in [6.07, 6.45) is 1.68. The Morgan fingerprint density at radius 1 is 1.17 bits per heavy atom. The molecule has 0 amide bonds. The van der Waals surface area contributed by atoms with E-state index in [1.165, 1.54) is 29.5 Å². The van der Waals surface area contributed by atoms with Gasteiger partial charge < -0.3 is 0 Å². The second-order valence-corrected chi connectivity index (χ2v) is 5.30. The molecule has 3 aromatic rings. The van der Waals surface area contributed by atoms with Crippen LogP contribution in [0.15, 0.2) is 24.4 Å². The van der Waals surface area contributed by atoms with E-state index in [1.807, 2.05) is 18.2 Å². The predicted molar refractivity (Wildman–Crippen MR) is 67.9 cm³/mol. The molecule has 0 saturated heterocycles. The van der Waals surface area contributed by atoms with Crippen molar-refractivity contribution in [1.82, 2.24) is 9.38 Å². The lowest BCUT2D eigenvalue weighted by Gasteiger charge is -2.00. The molecule has 0 aliphatic heterocycles. The molecule has 2 nitrogen and oxygen atoms in total. The second kappa shape index (κ2) is 3.88. The average Bonchev–Trinajstić information content (AvgIpc) is 2.81. The summed E-state index contributed by atoms with van der Waals surface area (Å²) in [5, 5.41) is 0. The molecule has 2 heterocycles. The van der Waals surface area contributed by atoms with Crippen molar-refractivity contribution in [3.05, 3.63) is 46.6 Å². The number of aryl methyl sites for hydroxylation is 2. The molecule has 2 aromatic heterocycles. The minimum absolute atomic E-state index is 0.0644. The molecule has 0 radical (unpaired) electrons. The number of aromatic nitrogens is 2. The van der Waals surface area contributed by atoms with E-state index in [-0.39, 0.29) is 5.56 Å². The van der Waals surface area contributed by atoms with Gasteiger partial charge in [0.1, 0.15) is 11.6 Å². The lowest BCUT2D eigenvalue weighted by Crippen LogP contribution is -1.89. The Kier molecular flexibility index (Phi) is 2.45. The average molecular weight is 264 g/mol. The fourth-order valence-electron chi connectivity index (χ4n) is 1.92. The third-order valence-electron chi connectivity index (χ3n) is 3.01. The minimum Gasteiger partial charge on any atom is -0.294 e. The van der Waals surface area contributed by atoms with Crippen molar-refractivity contribution >= 4 is 16.3 Å². The van der Waals surface area contributed by atoms with Crippen LogP contribution in [0, 0.1) is 25.5 Å². The van der Waals surface area contributed by atoms with Crippen LogP contribution in [0.25, 0.3) is 16.2 Å². The van der Waals surface area contributed by atoms with Crippen molar-refractivity contribution in [3.8, 4) is 11.3 Å². The molecule has 0 N–H and O–H groups in total. The van der Waals surface area contributed by atoms with Crippen LogP contribution in [0.1, 0.15) is 10.6 Å². The molecule has 0 atom stereocenters. The summed E-state index contributed by atoms with van der Waals surface area (Å²) in [5.41, 5.74) is 1.32. The summed E-state index contributed by atoms with van der Waals surface area (Å²) in [7, 11) is 0. The van der Waals surface area contributed by atoms with Crippen molar-refractivity contribution in [3.63, 3.8) is 0 Å². The Hall–Kier alpha value is -1.75. The van der Waals surface area contributed by atoms with Crippen molar-refractivity contribution in [2.75, 3.05) is 0 Å². The summed E-state index contributed by atoms with van der Waals surface area (Å²) < 4.78 is 29.2. The van der Waals surface area contributed by atoms with E-state index in [0.717, 1.165) is 15.5 Å². The van der Waals surface area contributed by atoms with Gasteiger partial charge in [-0.15, -0.1) is 11.3 Å². The fraction of sp³-hybridized carbons (Fsp3) is 0.154. The monoisotopic (exact) mass is 264 g/mol. The first-order chi connectivity index (χ1) is 8.58. The summed E-state index contributed by atoms with van der Waals surface area (Å²) >= 11 is 1.51. The van der Waals surface area contributed by atoms with E-state index in [4.69, 9.17) is 0 Å². The van der Waals surface area contributed by atoms with Gasteiger partial charge in [-0.05, 0) is 26.0 Å². The number of nitrogens with zero attached hydrogens (tertiary/aromatic N) is 2. The predicted octanol–water partition coefficient (Wildman–Crippen LogP) is 3.96. The summed E-state index contributed by atoms with van der Waals surface area (Å²) in [6.45, 7) is 3.96. The molecular weight excluding hydrogens is 254 g/mol. The van der Waals surface area contributed by atoms with Gasteiger partial charge in [-0.25, -0.2) is 13.8 Å². The molecule has 0 unspecified atom stereocenters. The number of hydrogen-bond acceptors (Lipinski definition) is 2. The van der Waals surface area contributed by atoms with E-state index in [1.54, 1.807) is 6.20 Å². The quantitative estimate of drug-likeness (QED) is 0.650. The highest BCUT2D eigenvalue weighted by Crippen LogP contribution is 2.29. The molecule has 18 heavy (non-hydrogen) atoms. The molecule has 0 bridgehead atoms. The van der Waals surface area contributed by atoms with Gasteiger partial charge in [-0.1, -0.05) is 6.07 Å². The van der Waals surface area contributed by atoms with Crippen LogP contribution in [0.3, 0.4) is 0 Å². The summed E-state index contributed by atoms with van der Waals surface area (Å²) in [4.78, 5) is 6.19. The van der Waals surface area contributed by atoms with Crippen LogP contribution < -0.4 is 0 Å². The van der Waals surface area contributed by atoms with E-state index >= 15 is 0 Å². The van der Waals surface area contributed by atoms with Gasteiger partial charge in [-0.2, -0.15) is 0 Å². The minimum atomic E-state index is -0.588. The number of benzene rings is 1. The highest BCUT2D eigenvalue weighted by Gasteiger charge is 2.16. The van der Waals surface area contributed by atoms with E-state index in [0.29, 0.717) is 5.69 Å². The Morgan fingerprint density at radius 3 is 2.44 bits per heavy atom. The van der Waals surface area contributed by atoms with Crippen molar-refractivity contribution < 1.29 is 8.78 Å². The third kappa shape index (κ3) is 1.54. The number of rotatable bonds is 1. The van der Waals surface area contributed by atoms with Crippen LogP contribution in [-0.2, 0) is 0 Å². The van der Waals surface area contributed by atoms with E-state index < -0.39 is 11.6 Å². The number of fused-ring (bicyclic) bond motifs is 1. The maximum absolute atomic E-state index is 13.7. The topological polar surface area (TPSA) is 17.3 Å². The lowest BCUT2D eigenvalue weighted by molar-refractivity contribution is 0.589. The SMILES string of the molecule is Cc1sc2nc(-c3c(F)cccc3F)cn2c1C. The highest BCUT2D eigenvalue weighted by atomic mass is 32.1. The van der Waals surface area contributed by atoms with Crippen LogP contribution >= 0.6 is 11.3 Å². The molecule has 3 rings (SSSR count). The third-order valence-corrected chi connectivity index (χ3v) is 4.08. The van der Waals surface area contributed by atoms with Gasteiger partial charge in [0.2, 0.25) is 0 Å². The van der Waals surface area contributed by atoms with Gasteiger partial charge in [0.25, 0.3) is 0 Å². The molecule has 5 heteroatoms. The number of hydrogen-bond donors (Lipinski definition) is 0. The molecular formula is C13H10F2N2S. The Bertz CT molecular complexity index is 723. The molecule has 1 aromatic carbocycles. The largest absolute Gasteiger partial charge is 0.294 e. The fourth-order valence-corrected chi connectivity index (χ4v) is 2.87. The lowest BCUT2D eigenvalue weighted by atomic mass is 10.1. The van der Waals surface area contributed by atoms with Gasteiger partial charge in [0.15, 0.2) is 4.96 Å². The maximum atomic E-state index is 13.7. The first-order valence-corrected chi connectivity index (χ1v) is 6.29. The van der Waals surface area contributed by atoms with Crippen LogP contribution in [0.4, 0.5) is 8.78 Å². The first kappa shape index (κ1) is 11.3. The van der Waals surface area contributed by atoms with Crippen LogP contribution in [-0.4, -0.2) is 9.38 Å². The second-order valence-electron chi connectivity index (χ2n) is 4.12. The Labute approximate surface area is 107 Å². The normalized spacial score (nSPS) is 11.3. The first-order valence-electron chi connectivity index (χ1n) is 5.47. The zero-order valence-electron chi connectivity index (χ0n) is 9.87. The van der Waals surface area contributed by atoms with Gasteiger partial charge >= 0.3 is 0 Å². The summed E-state index contributed by atoms with van der Waals surface area (Å²) in [6, 6.07) is 3.83. The van der Waals surface area contributed by atoms with Crippen LogP contribution in [0.2, 0.25) is 0 Å². The van der Waals surface area contributed by atoms with Crippen molar-refractivity contribution in [1.29, 1.82) is 0 Å². The molecule has 0 saturated carbocycles. The standard InChI is InChI=1S/C13H10F2N2S/c1-7-8(2)18-13-16-11(6-17(7)13)12-9(14)4-3-5-10(12)15/h3-6H,1-2H3. The molecule has 0 spiro atoms. The number of thiazole rings is 1. The number of imidazole rings is 1. The van der Waals surface area contributed by atoms with Gasteiger partial charge in [0.05, 0.1) is 11.3 Å². The zero-order chi connectivity index (χ0) is 12.9. The molecule has 92 valence electrons. The Morgan fingerprint density at radius 2 is 1.83 bits per heavy atom. The van der Waals surface area contributed by atoms with E-state index in [2.05, 4.69) is 4.98 Å². The van der Waals surface area contributed by atoms with Crippen LogP contribution in [0.5, 0.6) is 0 Å². The molecule has 0 aliphatic rings. The zero-order valence-corrected chi connectivity index (χ0v) is 10.7. The smallest absolute Gasteiger partial charge is 0.194 e.